The predicted octanol–water partition coefficient (Wildman–Crippen LogP) is 4.09. The molecule has 0 spiro atoms. The van der Waals surface area contributed by atoms with E-state index >= 15 is 0 Å². The molecule has 3 rings (SSSR count). The molecule has 2 nitrogen and oxygen atoms in total. The SMILES string of the molecule is c1ccc2cc(OCCCN3CCCCC3)ccc2c1. The Morgan fingerprint density at radius 1 is 0.900 bits per heavy atom. The number of hydrogen-bond donors (Lipinski definition) is 0. The van der Waals surface area contributed by atoms with Gasteiger partial charge in [-0.25, -0.2) is 0 Å². The van der Waals surface area contributed by atoms with Crippen molar-refractivity contribution in [2.45, 2.75) is 25.7 Å². The van der Waals surface area contributed by atoms with Crippen molar-refractivity contribution in [2.75, 3.05) is 26.2 Å². The van der Waals surface area contributed by atoms with Crippen molar-refractivity contribution < 1.29 is 4.74 Å². The van der Waals surface area contributed by atoms with Gasteiger partial charge in [-0.05, 0) is 55.3 Å². The van der Waals surface area contributed by atoms with Gasteiger partial charge in [0.25, 0.3) is 0 Å². The lowest BCUT2D eigenvalue weighted by Crippen LogP contribution is -2.31. The van der Waals surface area contributed by atoms with Gasteiger partial charge in [-0.3, -0.25) is 0 Å². The Labute approximate surface area is 121 Å². The lowest BCUT2D eigenvalue weighted by atomic mass is 10.1. The number of piperidine rings is 1. The lowest BCUT2D eigenvalue weighted by Gasteiger charge is -2.26. The van der Waals surface area contributed by atoms with Gasteiger partial charge in [-0.1, -0.05) is 36.8 Å². The van der Waals surface area contributed by atoms with Crippen molar-refractivity contribution in [2.24, 2.45) is 0 Å². The van der Waals surface area contributed by atoms with E-state index in [0.29, 0.717) is 0 Å². The van der Waals surface area contributed by atoms with Crippen LogP contribution in [-0.2, 0) is 0 Å². The van der Waals surface area contributed by atoms with Crippen molar-refractivity contribution in [1.29, 1.82) is 0 Å². The largest absolute Gasteiger partial charge is 0.494 e. The molecule has 2 aromatic rings. The summed E-state index contributed by atoms with van der Waals surface area (Å²) in [4.78, 5) is 2.56. The first kappa shape index (κ1) is 13.4. The fourth-order valence-corrected chi connectivity index (χ4v) is 2.92. The Morgan fingerprint density at radius 3 is 2.55 bits per heavy atom. The maximum atomic E-state index is 5.88. The number of hydrogen-bond acceptors (Lipinski definition) is 2. The number of nitrogens with zero attached hydrogens (tertiary/aromatic N) is 1. The average Bonchev–Trinajstić information content (AvgIpc) is 2.52. The smallest absolute Gasteiger partial charge is 0.119 e. The molecule has 0 amide bonds. The van der Waals surface area contributed by atoms with E-state index in [4.69, 9.17) is 4.74 Å². The summed E-state index contributed by atoms with van der Waals surface area (Å²) >= 11 is 0. The molecule has 0 saturated carbocycles. The monoisotopic (exact) mass is 269 g/mol. The molecule has 0 atom stereocenters. The molecular formula is C18H23NO. The van der Waals surface area contributed by atoms with Crippen molar-refractivity contribution in [3.63, 3.8) is 0 Å². The Morgan fingerprint density at radius 2 is 1.70 bits per heavy atom. The van der Waals surface area contributed by atoms with Gasteiger partial charge in [0.1, 0.15) is 5.75 Å². The Hall–Kier alpha value is -1.54. The van der Waals surface area contributed by atoms with Crippen molar-refractivity contribution in [3.8, 4) is 5.75 Å². The van der Waals surface area contributed by atoms with Crippen LogP contribution in [0.2, 0.25) is 0 Å². The van der Waals surface area contributed by atoms with Crippen molar-refractivity contribution in [3.05, 3.63) is 42.5 Å². The van der Waals surface area contributed by atoms with Crippen LogP contribution in [0.3, 0.4) is 0 Å². The van der Waals surface area contributed by atoms with E-state index in [9.17, 15) is 0 Å². The summed E-state index contributed by atoms with van der Waals surface area (Å²) in [5.74, 6) is 0.988. The molecule has 0 aliphatic carbocycles. The fraction of sp³-hybridized carbons (Fsp3) is 0.444. The quantitative estimate of drug-likeness (QED) is 0.758. The highest BCUT2D eigenvalue weighted by Crippen LogP contribution is 2.20. The minimum absolute atomic E-state index is 0.814. The summed E-state index contributed by atoms with van der Waals surface area (Å²) in [5.41, 5.74) is 0. The normalized spacial score (nSPS) is 16.4. The third kappa shape index (κ3) is 3.51. The summed E-state index contributed by atoms with van der Waals surface area (Å²) in [6.45, 7) is 4.54. The molecule has 2 aromatic carbocycles. The molecule has 1 heterocycles. The van der Waals surface area contributed by atoms with Gasteiger partial charge in [-0.15, -0.1) is 0 Å². The second-order valence-electron chi connectivity index (χ2n) is 5.61. The number of fused-ring (bicyclic) bond motifs is 1. The molecule has 0 radical (unpaired) electrons. The van der Waals surface area contributed by atoms with Crippen LogP contribution < -0.4 is 4.74 Å². The van der Waals surface area contributed by atoms with Gasteiger partial charge >= 0.3 is 0 Å². The summed E-state index contributed by atoms with van der Waals surface area (Å²) in [6.07, 6.45) is 5.26. The van der Waals surface area contributed by atoms with Crippen LogP contribution >= 0.6 is 0 Å². The van der Waals surface area contributed by atoms with Crippen LogP contribution in [0.15, 0.2) is 42.5 Å². The van der Waals surface area contributed by atoms with Crippen molar-refractivity contribution in [1.82, 2.24) is 4.90 Å². The van der Waals surface area contributed by atoms with Crippen LogP contribution in [0.1, 0.15) is 25.7 Å². The highest BCUT2D eigenvalue weighted by molar-refractivity contribution is 5.83. The molecule has 1 aliphatic rings. The van der Waals surface area contributed by atoms with Crippen LogP contribution in [0.4, 0.5) is 0 Å². The van der Waals surface area contributed by atoms with Crippen LogP contribution in [0, 0.1) is 0 Å². The first-order valence-corrected chi connectivity index (χ1v) is 7.76. The third-order valence-electron chi connectivity index (χ3n) is 4.06. The molecule has 0 N–H and O–H groups in total. The molecule has 1 fully saturated rings. The minimum Gasteiger partial charge on any atom is -0.494 e. The van der Waals surface area contributed by atoms with E-state index in [2.05, 4.69) is 47.4 Å². The zero-order valence-electron chi connectivity index (χ0n) is 12.1. The van der Waals surface area contributed by atoms with E-state index in [1.54, 1.807) is 0 Å². The lowest BCUT2D eigenvalue weighted by molar-refractivity contribution is 0.205. The minimum atomic E-state index is 0.814. The second-order valence-corrected chi connectivity index (χ2v) is 5.61. The van der Waals surface area contributed by atoms with Gasteiger partial charge in [0, 0.05) is 6.54 Å². The maximum Gasteiger partial charge on any atom is 0.119 e. The number of rotatable bonds is 5. The molecule has 20 heavy (non-hydrogen) atoms. The molecular weight excluding hydrogens is 246 g/mol. The number of likely N-dealkylation sites (tertiary alicyclic amines) is 1. The molecule has 2 heteroatoms. The summed E-state index contributed by atoms with van der Waals surface area (Å²) in [7, 11) is 0. The topological polar surface area (TPSA) is 12.5 Å². The fourth-order valence-electron chi connectivity index (χ4n) is 2.92. The Balaban J connectivity index is 1.47. The molecule has 1 aliphatic heterocycles. The van der Waals surface area contributed by atoms with Gasteiger partial charge < -0.3 is 9.64 Å². The number of benzene rings is 2. The third-order valence-corrected chi connectivity index (χ3v) is 4.06. The van der Waals surface area contributed by atoms with Crippen LogP contribution in [0.5, 0.6) is 5.75 Å². The van der Waals surface area contributed by atoms with Crippen LogP contribution in [0.25, 0.3) is 10.8 Å². The van der Waals surface area contributed by atoms with E-state index in [0.717, 1.165) is 18.8 Å². The van der Waals surface area contributed by atoms with Gasteiger partial charge in [0.2, 0.25) is 0 Å². The summed E-state index contributed by atoms with van der Waals surface area (Å²) in [5, 5.41) is 2.52. The zero-order valence-corrected chi connectivity index (χ0v) is 12.1. The molecule has 1 saturated heterocycles. The maximum absolute atomic E-state index is 5.88. The summed E-state index contributed by atoms with van der Waals surface area (Å²) < 4.78 is 5.88. The Kier molecular flexibility index (Phi) is 4.54. The standard InChI is InChI=1S/C18H23NO/c1-4-11-19(12-5-1)13-6-14-20-18-10-9-16-7-2-3-8-17(16)15-18/h2-3,7-10,15H,1,4-6,11-14H2. The average molecular weight is 269 g/mol. The number of ether oxygens (including phenoxy) is 1. The first-order chi connectivity index (χ1) is 9.92. The highest BCUT2D eigenvalue weighted by Gasteiger charge is 2.08. The predicted molar refractivity (Wildman–Crippen MR) is 84.4 cm³/mol. The first-order valence-electron chi connectivity index (χ1n) is 7.76. The van der Waals surface area contributed by atoms with E-state index in [-0.39, 0.29) is 0 Å². The molecule has 0 bridgehead atoms. The second kappa shape index (κ2) is 6.76. The van der Waals surface area contributed by atoms with E-state index < -0.39 is 0 Å². The van der Waals surface area contributed by atoms with E-state index in [1.807, 2.05) is 0 Å². The molecule has 0 unspecified atom stereocenters. The summed E-state index contributed by atoms with van der Waals surface area (Å²) in [6, 6.07) is 14.8. The zero-order chi connectivity index (χ0) is 13.6. The van der Waals surface area contributed by atoms with Gasteiger partial charge in [0.15, 0.2) is 0 Å². The van der Waals surface area contributed by atoms with Gasteiger partial charge in [-0.2, -0.15) is 0 Å². The van der Waals surface area contributed by atoms with E-state index in [1.165, 1.54) is 49.7 Å². The Bertz CT molecular complexity index is 546. The highest BCUT2D eigenvalue weighted by atomic mass is 16.5. The molecule has 106 valence electrons. The van der Waals surface area contributed by atoms with Gasteiger partial charge in [0.05, 0.1) is 6.61 Å². The molecule has 0 aromatic heterocycles. The van der Waals surface area contributed by atoms with Crippen LogP contribution in [-0.4, -0.2) is 31.1 Å². The van der Waals surface area contributed by atoms with Crippen molar-refractivity contribution >= 4 is 10.8 Å².